The van der Waals surface area contributed by atoms with E-state index in [0.29, 0.717) is 0 Å². The first-order valence-electron chi connectivity index (χ1n) is 4.17. The third-order valence-electron chi connectivity index (χ3n) is 1.74. The minimum Gasteiger partial charge on any atom is -0.345 e. The summed E-state index contributed by atoms with van der Waals surface area (Å²) in [6.07, 6.45) is 1.01. The van der Waals surface area contributed by atoms with Gasteiger partial charge in [-0.1, -0.05) is 20.8 Å². The molecule has 0 rings (SSSR count). The van der Waals surface area contributed by atoms with Gasteiger partial charge in [0.1, 0.15) is 5.88 Å². The lowest BCUT2D eigenvalue weighted by Crippen LogP contribution is -2.30. The zero-order valence-corrected chi connectivity index (χ0v) is 9.11. The van der Waals surface area contributed by atoms with Crippen LogP contribution in [-0.4, -0.2) is 30.3 Å². The Kier molecular flexibility index (Phi) is 4.61. The predicted octanol–water partition coefficient (Wildman–Crippen LogP) is 2.12. The SMILES string of the molecule is CN(CCC(C)(C)C)C(=O)CCl. The normalized spacial score (nSPS) is 11.4. The van der Waals surface area contributed by atoms with E-state index < -0.39 is 0 Å². The third-order valence-corrected chi connectivity index (χ3v) is 1.97. The molecule has 0 heterocycles. The van der Waals surface area contributed by atoms with Crippen LogP contribution in [0.25, 0.3) is 0 Å². The molecule has 0 aromatic rings. The van der Waals surface area contributed by atoms with Crippen LogP contribution in [0.1, 0.15) is 27.2 Å². The molecule has 0 atom stereocenters. The van der Waals surface area contributed by atoms with Crippen molar-refractivity contribution in [2.45, 2.75) is 27.2 Å². The summed E-state index contributed by atoms with van der Waals surface area (Å²) >= 11 is 5.41. The maximum atomic E-state index is 11.0. The highest BCUT2D eigenvalue weighted by atomic mass is 35.5. The smallest absolute Gasteiger partial charge is 0.237 e. The van der Waals surface area contributed by atoms with Crippen LogP contribution in [-0.2, 0) is 4.79 Å². The van der Waals surface area contributed by atoms with Crippen LogP contribution in [0.15, 0.2) is 0 Å². The molecule has 0 radical (unpaired) electrons. The molecule has 0 aliphatic carbocycles. The van der Waals surface area contributed by atoms with Crippen molar-refractivity contribution in [2.75, 3.05) is 19.5 Å². The van der Waals surface area contributed by atoms with Crippen molar-refractivity contribution in [3.05, 3.63) is 0 Å². The second-order valence-corrected chi connectivity index (χ2v) is 4.53. The summed E-state index contributed by atoms with van der Waals surface area (Å²) in [6, 6.07) is 0. The van der Waals surface area contributed by atoms with Crippen LogP contribution >= 0.6 is 11.6 Å². The molecule has 0 unspecified atom stereocenters. The molecular formula is C9H18ClNO. The zero-order chi connectivity index (χ0) is 9.78. The molecular weight excluding hydrogens is 174 g/mol. The van der Waals surface area contributed by atoms with Gasteiger partial charge in [0.2, 0.25) is 5.91 Å². The number of nitrogens with zero attached hydrogens (tertiary/aromatic N) is 1. The van der Waals surface area contributed by atoms with Gasteiger partial charge >= 0.3 is 0 Å². The predicted molar refractivity (Wildman–Crippen MR) is 52.4 cm³/mol. The summed E-state index contributed by atoms with van der Waals surface area (Å²) in [6.45, 7) is 7.26. The van der Waals surface area contributed by atoms with Crippen molar-refractivity contribution in [3.63, 3.8) is 0 Å². The van der Waals surface area contributed by atoms with Gasteiger partial charge in [0, 0.05) is 13.6 Å². The molecule has 0 aliphatic rings. The molecule has 0 fully saturated rings. The van der Waals surface area contributed by atoms with Crippen molar-refractivity contribution in [3.8, 4) is 0 Å². The fourth-order valence-electron chi connectivity index (χ4n) is 0.730. The van der Waals surface area contributed by atoms with E-state index in [1.807, 2.05) is 0 Å². The quantitative estimate of drug-likeness (QED) is 0.626. The maximum absolute atomic E-state index is 11.0. The fraction of sp³-hybridized carbons (Fsp3) is 0.889. The number of hydrogen-bond donors (Lipinski definition) is 0. The van der Waals surface area contributed by atoms with Gasteiger partial charge in [0.15, 0.2) is 0 Å². The molecule has 72 valence electrons. The van der Waals surface area contributed by atoms with Crippen LogP contribution in [0.3, 0.4) is 0 Å². The average molecular weight is 192 g/mol. The van der Waals surface area contributed by atoms with Gasteiger partial charge in [-0.3, -0.25) is 4.79 Å². The molecule has 0 saturated heterocycles. The second-order valence-electron chi connectivity index (χ2n) is 4.26. The van der Waals surface area contributed by atoms with Crippen LogP contribution in [0, 0.1) is 5.41 Å². The highest BCUT2D eigenvalue weighted by molar-refractivity contribution is 6.27. The van der Waals surface area contributed by atoms with Crippen LogP contribution in [0.4, 0.5) is 0 Å². The summed E-state index contributed by atoms with van der Waals surface area (Å²) in [7, 11) is 1.79. The van der Waals surface area contributed by atoms with E-state index in [4.69, 9.17) is 11.6 Å². The number of alkyl halides is 1. The Bertz CT molecular complexity index is 151. The largest absolute Gasteiger partial charge is 0.345 e. The summed E-state index contributed by atoms with van der Waals surface area (Å²) in [4.78, 5) is 12.7. The third kappa shape index (κ3) is 5.42. The van der Waals surface area contributed by atoms with Gasteiger partial charge in [-0.2, -0.15) is 0 Å². The zero-order valence-electron chi connectivity index (χ0n) is 8.35. The molecule has 1 amide bonds. The lowest BCUT2D eigenvalue weighted by atomic mass is 9.92. The highest BCUT2D eigenvalue weighted by Gasteiger charge is 2.13. The standard InChI is InChI=1S/C9H18ClNO/c1-9(2,3)5-6-11(4)8(12)7-10/h5-7H2,1-4H3. The van der Waals surface area contributed by atoms with Gasteiger partial charge in [0.25, 0.3) is 0 Å². The Hall–Kier alpha value is -0.240. The fourth-order valence-corrected chi connectivity index (χ4v) is 0.934. The van der Waals surface area contributed by atoms with E-state index in [0.717, 1.165) is 13.0 Å². The van der Waals surface area contributed by atoms with Crippen LogP contribution in [0.5, 0.6) is 0 Å². The molecule has 0 aromatic carbocycles. The molecule has 3 heteroatoms. The number of halogens is 1. The van der Waals surface area contributed by atoms with Crippen molar-refractivity contribution in [1.82, 2.24) is 4.90 Å². The number of carbonyl (C=O) groups is 1. The second kappa shape index (κ2) is 4.70. The average Bonchev–Trinajstić information content (AvgIpc) is 1.97. The first-order valence-corrected chi connectivity index (χ1v) is 4.70. The van der Waals surface area contributed by atoms with E-state index in [2.05, 4.69) is 20.8 Å². The van der Waals surface area contributed by atoms with E-state index in [-0.39, 0.29) is 17.2 Å². The molecule has 12 heavy (non-hydrogen) atoms. The van der Waals surface area contributed by atoms with Crippen LogP contribution in [0.2, 0.25) is 0 Å². The molecule has 2 nitrogen and oxygen atoms in total. The van der Waals surface area contributed by atoms with Crippen molar-refractivity contribution in [2.24, 2.45) is 5.41 Å². The minimum atomic E-state index is 0.000849. The number of amides is 1. The number of carbonyl (C=O) groups excluding carboxylic acids is 1. The maximum Gasteiger partial charge on any atom is 0.237 e. The lowest BCUT2D eigenvalue weighted by molar-refractivity contribution is -0.127. The van der Waals surface area contributed by atoms with Crippen molar-refractivity contribution in [1.29, 1.82) is 0 Å². The van der Waals surface area contributed by atoms with Gasteiger partial charge in [-0.05, 0) is 11.8 Å². The van der Waals surface area contributed by atoms with Gasteiger partial charge in [-0.25, -0.2) is 0 Å². The first-order chi connectivity index (χ1) is 5.37. The topological polar surface area (TPSA) is 20.3 Å². The molecule has 0 saturated carbocycles. The Labute approximate surface area is 79.9 Å². The Morgan fingerprint density at radius 1 is 1.42 bits per heavy atom. The summed E-state index contributed by atoms with van der Waals surface area (Å²) in [5.74, 6) is 0.0848. The van der Waals surface area contributed by atoms with Gasteiger partial charge in [0.05, 0.1) is 0 Å². The van der Waals surface area contributed by atoms with E-state index in [1.54, 1.807) is 11.9 Å². The van der Waals surface area contributed by atoms with Gasteiger partial charge < -0.3 is 4.90 Å². The molecule has 0 N–H and O–H groups in total. The summed E-state index contributed by atoms with van der Waals surface area (Å²) < 4.78 is 0. The summed E-state index contributed by atoms with van der Waals surface area (Å²) in [5, 5.41) is 0. The van der Waals surface area contributed by atoms with Crippen molar-refractivity contribution < 1.29 is 4.79 Å². The van der Waals surface area contributed by atoms with E-state index >= 15 is 0 Å². The monoisotopic (exact) mass is 191 g/mol. The van der Waals surface area contributed by atoms with E-state index in [1.165, 1.54) is 0 Å². The van der Waals surface area contributed by atoms with Crippen LogP contribution < -0.4 is 0 Å². The Morgan fingerprint density at radius 3 is 2.25 bits per heavy atom. The Morgan fingerprint density at radius 2 is 1.92 bits per heavy atom. The van der Waals surface area contributed by atoms with E-state index in [9.17, 15) is 4.79 Å². The molecule has 0 bridgehead atoms. The number of rotatable bonds is 3. The van der Waals surface area contributed by atoms with Crippen molar-refractivity contribution >= 4 is 17.5 Å². The lowest BCUT2D eigenvalue weighted by Gasteiger charge is -2.23. The van der Waals surface area contributed by atoms with Gasteiger partial charge in [-0.15, -0.1) is 11.6 Å². The Balaban J connectivity index is 3.72. The minimum absolute atomic E-state index is 0.000849. The molecule has 0 spiro atoms. The molecule has 0 aliphatic heterocycles. The molecule has 0 aromatic heterocycles. The number of hydrogen-bond acceptors (Lipinski definition) is 1. The first kappa shape index (κ1) is 11.8. The highest BCUT2D eigenvalue weighted by Crippen LogP contribution is 2.18. The summed E-state index contributed by atoms with van der Waals surface area (Å²) in [5.41, 5.74) is 0.279.